The van der Waals surface area contributed by atoms with Crippen LogP contribution in [0.2, 0.25) is 0 Å². The molecule has 0 aliphatic carbocycles. The second-order valence-electron chi connectivity index (χ2n) is 9.54. The number of amides is 1. The predicted octanol–water partition coefficient (Wildman–Crippen LogP) is 4.53. The average molecular weight is 575 g/mol. The van der Waals surface area contributed by atoms with Crippen LogP contribution < -0.4 is 9.64 Å². The number of carbonyl (C=O) groups is 4. The van der Waals surface area contributed by atoms with Gasteiger partial charge < -0.3 is 19.3 Å². The molecule has 3 aromatic rings. The van der Waals surface area contributed by atoms with Crippen molar-refractivity contribution in [1.82, 2.24) is 4.98 Å². The first kappa shape index (κ1) is 27.8. The van der Waals surface area contributed by atoms with E-state index >= 15 is 0 Å². The normalized spacial score (nSPS) is 19.0. The Morgan fingerprint density at radius 1 is 1.17 bits per heavy atom. The number of aliphatic hydroxyl groups excluding tert-OH is 1. The Morgan fingerprint density at radius 2 is 1.88 bits per heavy atom. The van der Waals surface area contributed by atoms with Crippen LogP contribution in [0.3, 0.4) is 0 Å². The molecule has 2 aromatic carbocycles. The van der Waals surface area contributed by atoms with Crippen molar-refractivity contribution in [2.24, 2.45) is 0 Å². The standard InChI is InChI=1S/C30H26N2O8S/c1-5-12-39-29(37)26-16(3)31-30(41-26)32-23(17-6-8-18(9-7-17)28(36)38-4)22(25(34)27(32)35)24(33)19-10-11-21-20(14-19)13-15(2)40-21/h5-11,14-15,23,33H,1,12-13H2,2-4H3/b24-22+/t15-,23+/m0/s1. The minimum atomic E-state index is -1.10. The summed E-state index contributed by atoms with van der Waals surface area (Å²) in [6, 6.07) is 10.1. The Labute approximate surface area is 239 Å². The van der Waals surface area contributed by atoms with Crippen LogP contribution in [-0.4, -0.2) is 53.5 Å². The first-order chi connectivity index (χ1) is 19.6. The van der Waals surface area contributed by atoms with Gasteiger partial charge in [-0.1, -0.05) is 36.1 Å². The van der Waals surface area contributed by atoms with E-state index in [1.807, 2.05) is 6.92 Å². The summed E-state index contributed by atoms with van der Waals surface area (Å²) in [4.78, 5) is 57.4. The third-order valence-electron chi connectivity index (χ3n) is 6.77. The van der Waals surface area contributed by atoms with E-state index in [9.17, 15) is 24.3 Å². The number of anilines is 1. The summed E-state index contributed by atoms with van der Waals surface area (Å²) in [7, 11) is 1.26. The number of hydrogen-bond donors (Lipinski definition) is 1. The zero-order valence-electron chi connectivity index (χ0n) is 22.5. The molecule has 1 saturated heterocycles. The Morgan fingerprint density at radius 3 is 2.56 bits per heavy atom. The number of aryl methyl sites for hydroxylation is 1. The summed E-state index contributed by atoms with van der Waals surface area (Å²) < 4.78 is 15.7. The van der Waals surface area contributed by atoms with Gasteiger partial charge in [0.15, 0.2) is 5.13 Å². The SMILES string of the molecule is C=CCOC(=O)c1sc(N2C(=O)C(=O)/C(=C(/O)c3ccc4c(c3)C[C@H](C)O4)[C@H]2c2ccc(C(=O)OC)cc2)nc1C. The molecule has 1 aromatic heterocycles. The van der Waals surface area contributed by atoms with Crippen LogP contribution in [0.1, 0.15) is 55.4 Å². The molecule has 11 heteroatoms. The van der Waals surface area contributed by atoms with E-state index < -0.39 is 29.7 Å². The van der Waals surface area contributed by atoms with Gasteiger partial charge in [0.1, 0.15) is 29.1 Å². The third kappa shape index (κ3) is 5.00. The lowest BCUT2D eigenvalue weighted by atomic mass is 9.94. The molecule has 2 atom stereocenters. The van der Waals surface area contributed by atoms with Gasteiger partial charge in [-0.3, -0.25) is 14.5 Å². The Bertz CT molecular complexity index is 1620. The number of Topliss-reactive ketones (excluding diaryl/α,β-unsaturated/α-hetero) is 1. The summed E-state index contributed by atoms with van der Waals surface area (Å²) in [6.07, 6.45) is 2.03. The van der Waals surface area contributed by atoms with Crippen molar-refractivity contribution >= 4 is 45.9 Å². The second-order valence-corrected chi connectivity index (χ2v) is 10.5. The number of methoxy groups -OCH3 is 1. The Kier molecular flexibility index (Phi) is 7.46. The summed E-state index contributed by atoms with van der Waals surface area (Å²) in [5.74, 6) is -2.72. The van der Waals surface area contributed by atoms with Gasteiger partial charge in [-0.05, 0) is 55.3 Å². The molecule has 0 spiro atoms. The van der Waals surface area contributed by atoms with E-state index in [4.69, 9.17) is 14.2 Å². The first-order valence-corrected chi connectivity index (χ1v) is 13.5. The van der Waals surface area contributed by atoms with Gasteiger partial charge in [-0.15, -0.1) is 0 Å². The molecule has 5 rings (SSSR count). The van der Waals surface area contributed by atoms with Crippen LogP contribution >= 0.6 is 11.3 Å². The molecular formula is C30H26N2O8S. The molecule has 210 valence electrons. The molecule has 10 nitrogen and oxygen atoms in total. The van der Waals surface area contributed by atoms with Crippen LogP contribution in [-0.2, 0) is 25.5 Å². The number of fused-ring (bicyclic) bond motifs is 1. The largest absolute Gasteiger partial charge is 0.507 e. The molecule has 0 radical (unpaired) electrons. The van der Waals surface area contributed by atoms with E-state index in [1.54, 1.807) is 37.3 Å². The molecule has 0 unspecified atom stereocenters. The van der Waals surface area contributed by atoms with Gasteiger partial charge in [-0.2, -0.15) is 0 Å². The summed E-state index contributed by atoms with van der Waals surface area (Å²) in [5, 5.41) is 11.6. The van der Waals surface area contributed by atoms with Gasteiger partial charge in [0.05, 0.1) is 30.0 Å². The molecule has 41 heavy (non-hydrogen) atoms. The summed E-state index contributed by atoms with van der Waals surface area (Å²) in [6.45, 7) is 7.05. The maximum atomic E-state index is 13.5. The van der Waals surface area contributed by atoms with Crippen molar-refractivity contribution in [2.45, 2.75) is 32.4 Å². The molecule has 3 heterocycles. The topological polar surface area (TPSA) is 132 Å². The molecule has 1 amide bonds. The number of carbonyl (C=O) groups excluding carboxylic acids is 4. The van der Waals surface area contributed by atoms with Crippen LogP contribution in [0.15, 0.2) is 60.7 Å². The maximum Gasteiger partial charge on any atom is 0.350 e. The van der Waals surface area contributed by atoms with E-state index in [1.165, 1.54) is 25.3 Å². The molecule has 0 saturated carbocycles. The highest BCUT2D eigenvalue weighted by atomic mass is 32.1. The third-order valence-corrected chi connectivity index (χ3v) is 7.91. The molecule has 2 aliphatic heterocycles. The quantitative estimate of drug-likeness (QED) is 0.142. The van der Waals surface area contributed by atoms with E-state index in [-0.39, 0.29) is 39.6 Å². The highest BCUT2D eigenvalue weighted by Gasteiger charge is 2.48. The number of rotatable bonds is 7. The molecule has 2 aliphatic rings. The van der Waals surface area contributed by atoms with Crippen molar-refractivity contribution < 1.29 is 38.5 Å². The minimum Gasteiger partial charge on any atom is -0.507 e. The van der Waals surface area contributed by atoms with E-state index in [0.717, 1.165) is 21.8 Å². The molecular weight excluding hydrogens is 548 g/mol. The fourth-order valence-corrected chi connectivity index (χ4v) is 5.85. The number of esters is 2. The predicted molar refractivity (Wildman–Crippen MR) is 150 cm³/mol. The Balaban J connectivity index is 1.65. The average Bonchev–Trinajstić information content (AvgIpc) is 3.62. The smallest absolute Gasteiger partial charge is 0.350 e. The maximum absolute atomic E-state index is 13.5. The number of thiazole rings is 1. The molecule has 0 bridgehead atoms. The second kappa shape index (κ2) is 11.0. The summed E-state index contributed by atoms with van der Waals surface area (Å²) >= 11 is 0.895. The number of aliphatic hydroxyl groups is 1. The highest BCUT2D eigenvalue weighted by molar-refractivity contribution is 7.17. The van der Waals surface area contributed by atoms with Gasteiger partial charge in [0.25, 0.3) is 5.78 Å². The van der Waals surface area contributed by atoms with Gasteiger partial charge >= 0.3 is 17.8 Å². The lowest BCUT2D eigenvalue weighted by Gasteiger charge is -2.23. The van der Waals surface area contributed by atoms with Crippen LogP contribution in [0.25, 0.3) is 5.76 Å². The van der Waals surface area contributed by atoms with Crippen molar-refractivity contribution in [2.75, 3.05) is 18.6 Å². The van der Waals surface area contributed by atoms with Crippen LogP contribution in [0.4, 0.5) is 5.13 Å². The van der Waals surface area contributed by atoms with Crippen molar-refractivity contribution in [3.8, 4) is 5.75 Å². The molecule has 1 fully saturated rings. The van der Waals surface area contributed by atoms with Crippen molar-refractivity contribution in [3.63, 3.8) is 0 Å². The van der Waals surface area contributed by atoms with Gasteiger partial charge in [0.2, 0.25) is 0 Å². The fourth-order valence-electron chi connectivity index (χ4n) is 4.86. The number of nitrogens with zero attached hydrogens (tertiary/aromatic N) is 2. The van der Waals surface area contributed by atoms with Gasteiger partial charge in [0, 0.05) is 12.0 Å². The van der Waals surface area contributed by atoms with Crippen LogP contribution in [0, 0.1) is 6.92 Å². The Hall–Kier alpha value is -4.77. The number of aromatic nitrogens is 1. The van der Waals surface area contributed by atoms with E-state index in [0.29, 0.717) is 29.0 Å². The number of benzene rings is 2. The highest BCUT2D eigenvalue weighted by Crippen LogP contribution is 2.44. The number of ketones is 1. The zero-order chi connectivity index (χ0) is 29.4. The number of hydrogen-bond acceptors (Lipinski definition) is 10. The summed E-state index contributed by atoms with van der Waals surface area (Å²) in [5.41, 5.74) is 2.07. The lowest BCUT2D eigenvalue weighted by Crippen LogP contribution is -2.29. The van der Waals surface area contributed by atoms with Crippen molar-refractivity contribution in [1.29, 1.82) is 0 Å². The van der Waals surface area contributed by atoms with E-state index in [2.05, 4.69) is 11.6 Å². The lowest BCUT2D eigenvalue weighted by molar-refractivity contribution is -0.132. The van der Waals surface area contributed by atoms with Crippen LogP contribution in [0.5, 0.6) is 5.75 Å². The minimum absolute atomic E-state index is 0.00679. The zero-order valence-corrected chi connectivity index (χ0v) is 23.3. The monoisotopic (exact) mass is 574 g/mol. The van der Waals surface area contributed by atoms with Gasteiger partial charge in [-0.25, -0.2) is 14.6 Å². The molecule has 1 N–H and O–H groups in total. The van der Waals surface area contributed by atoms with Crippen molar-refractivity contribution in [3.05, 3.63) is 93.5 Å². The fraction of sp³-hybridized carbons (Fsp3) is 0.233. The number of ether oxygens (including phenoxy) is 3. The first-order valence-electron chi connectivity index (χ1n) is 12.7.